The topological polar surface area (TPSA) is 58.2 Å². The molecule has 0 radical (unpaired) electrons. The maximum absolute atomic E-state index is 13.5. The van der Waals surface area contributed by atoms with Crippen molar-refractivity contribution in [2.24, 2.45) is 5.92 Å². The summed E-state index contributed by atoms with van der Waals surface area (Å²) >= 11 is 2.94. The van der Waals surface area contributed by atoms with Crippen molar-refractivity contribution in [2.75, 3.05) is 13.1 Å². The lowest BCUT2D eigenvalue weighted by atomic mass is 10.2. The highest BCUT2D eigenvalue weighted by Gasteiger charge is 2.29. The summed E-state index contributed by atoms with van der Waals surface area (Å²) < 4.78 is 27.2. The monoisotopic (exact) mass is 346 g/mol. The Bertz CT molecular complexity index is 524. The molecule has 7 heteroatoms. The Morgan fingerprint density at radius 1 is 1.15 bits per heavy atom. The summed E-state index contributed by atoms with van der Waals surface area (Å²) in [5.74, 6) is -2.66. The second-order valence-corrected chi connectivity index (χ2v) is 5.48. The molecule has 1 aromatic carbocycles. The summed E-state index contributed by atoms with van der Waals surface area (Å²) in [6.07, 6.45) is 1.79. The molecule has 2 rings (SSSR count). The average Bonchev–Trinajstić information content (AvgIpc) is 3.17. The number of carbonyl (C=O) groups excluding carboxylic acids is 2. The van der Waals surface area contributed by atoms with Gasteiger partial charge in [-0.2, -0.15) is 0 Å². The molecule has 2 amide bonds. The molecule has 0 aromatic heterocycles. The van der Waals surface area contributed by atoms with Crippen molar-refractivity contribution in [1.29, 1.82) is 0 Å². The van der Waals surface area contributed by atoms with Crippen molar-refractivity contribution >= 4 is 27.7 Å². The Kier molecular flexibility index (Phi) is 4.69. The zero-order chi connectivity index (χ0) is 14.7. The van der Waals surface area contributed by atoms with E-state index in [2.05, 4.69) is 26.6 Å². The highest BCUT2D eigenvalue weighted by Crippen LogP contribution is 2.28. The number of carbonyl (C=O) groups is 2. The van der Waals surface area contributed by atoms with Gasteiger partial charge in [-0.05, 0) is 25.0 Å². The Hall–Kier alpha value is -1.50. The van der Waals surface area contributed by atoms with Crippen molar-refractivity contribution in [3.63, 3.8) is 0 Å². The molecule has 20 heavy (non-hydrogen) atoms. The van der Waals surface area contributed by atoms with Crippen LogP contribution in [0.1, 0.15) is 23.2 Å². The van der Waals surface area contributed by atoms with Crippen molar-refractivity contribution in [1.82, 2.24) is 10.6 Å². The van der Waals surface area contributed by atoms with Gasteiger partial charge in [0.25, 0.3) is 5.91 Å². The van der Waals surface area contributed by atoms with Gasteiger partial charge in [0, 0.05) is 23.5 Å². The number of halogens is 3. The Morgan fingerprint density at radius 3 is 2.25 bits per heavy atom. The lowest BCUT2D eigenvalue weighted by Crippen LogP contribution is -2.35. The van der Waals surface area contributed by atoms with Crippen LogP contribution in [0.2, 0.25) is 0 Å². The fourth-order valence-corrected chi connectivity index (χ4v) is 2.10. The largest absolute Gasteiger partial charge is 0.354 e. The zero-order valence-electron chi connectivity index (χ0n) is 10.5. The standard InChI is InChI=1S/C13H13BrF2N2O2/c14-8-5-9(15)11(10(16)6-8)13(20)18-4-3-17-12(19)7-1-2-7/h5-7H,1-4H2,(H,17,19)(H,18,20). The Morgan fingerprint density at radius 2 is 1.70 bits per heavy atom. The van der Waals surface area contributed by atoms with E-state index in [0.717, 1.165) is 25.0 Å². The van der Waals surface area contributed by atoms with Gasteiger partial charge in [0.15, 0.2) is 0 Å². The third-order valence-corrected chi connectivity index (χ3v) is 3.35. The van der Waals surface area contributed by atoms with Gasteiger partial charge in [0.2, 0.25) is 5.91 Å². The first-order chi connectivity index (χ1) is 9.49. The smallest absolute Gasteiger partial charge is 0.257 e. The molecule has 1 aliphatic carbocycles. The summed E-state index contributed by atoms with van der Waals surface area (Å²) in [5.41, 5.74) is -0.623. The van der Waals surface area contributed by atoms with Crippen LogP contribution < -0.4 is 10.6 Å². The molecule has 0 heterocycles. The Balaban J connectivity index is 1.84. The highest BCUT2D eigenvalue weighted by atomic mass is 79.9. The van der Waals surface area contributed by atoms with Crippen LogP contribution in [0.4, 0.5) is 8.78 Å². The van der Waals surface area contributed by atoms with E-state index in [1.165, 1.54) is 0 Å². The van der Waals surface area contributed by atoms with Crippen molar-refractivity contribution in [3.05, 3.63) is 33.8 Å². The number of nitrogens with one attached hydrogen (secondary N) is 2. The third-order valence-electron chi connectivity index (χ3n) is 2.89. The molecular weight excluding hydrogens is 334 g/mol. The van der Waals surface area contributed by atoms with Gasteiger partial charge in [-0.1, -0.05) is 15.9 Å². The van der Waals surface area contributed by atoms with Gasteiger partial charge in [0.05, 0.1) is 0 Å². The summed E-state index contributed by atoms with van der Waals surface area (Å²) in [6, 6.07) is 2.04. The third kappa shape index (κ3) is 3.75. The second kappa shape index (κ2) is 6.30. The number of amides is 2. The van der Waals surface area contributed by atoms with Gasteiger partial charge in [0.1, 0.15) is 17.2 Å². The fraction of sp³-hybridized carbons (Fsp3) is 0.385. The molecule has 0 spiro atoms. The average molecular weight is 347 g/mol. The molecule has 2 N–H and O–H groups in total. The second-order valence-electron chi connectivity index (χ2n) is 4.57. The van der Waals surface area contributed by atoms with Gasteiger partial charge in [-0.25, -0.2) is 8.78 Å². The molecule has 1 fully saturated rings. The number of benzene rings is 1. The summed E-state index contributed by atoms with van der Waals surface area (Å²) in [7, 11) is 0. The molecule has 0 aliphatic heterocycles. The van der Waals surface area contributed by atoms with E-state index in [1.54, 1.807) is 0 Å². The minimum atomic E-state index is -0.934. The maximum Gasteiger partial charge on any atom is 0.257 e. The van der Waals surface area contributed by atoms with E-state index < -0.39 is 23.1 Å². The summed E-state index contributed by atoms with van der Waals surface area (Å²) in [6.45, 7) is 0.354. The molecule has 108 valence electrons. The van der Waals surface area contributed by atoms with Crippen molar-refractivity contribution in [3.8, 4) is 0 Å². The molecule has 0 saturated heterocycles. The Labute approximate surface area is 123 Å². The highest BCUT2D eigenvalue weighted by molar-refractivity contribution is 9.10. The molecule has 0 unspecified atom stereocenters. The first kappa shape index (κ1) is 14.9. The molecular formula is C13H13BrF2N2O2. The van der Waals surface area contributed by atoms with E-state index in [9.17, 15) is 18.4 Å². The molecule has 0 bridgehead atoms. The van der Waals surface area contributed by atoms with Gasteiger partial charge in [-0.3, -0.25) is 9.59 Å². The minimum absolute atomic E-state index is 0.0414. The molecule has 1 aromatic rings. The van der Waals surface area contributed by atoms with Gasteiger partial charge in [-0.15, -0.1) is 0 Å². The van der Waals surface area contributed by atoms with Gasteiger partial charge >= 0.3 is 0 Å². The van der Waals surface area contributed by atoms with Crippen LogP contribution in [0, 0.1) is 17.6 Å². The van der Waals surface area contributed by atoms with Crippen LogP contribution in [0.5, 0.6) is 0 Å². The van der Waals surface area contributed by atoms with Crippen LogP contribution in [-0.4, -0.2) is 24.9 Å². The SMILES string of the molecule is O=C(NCCNC(=O)C1CC1)c1c(F)cc(Br)cc1F. The van der Waals surface area contributed by atoms with E-state index in [-0.39, 0.29) is 29.4 Å². The molecule has 4 nitrogen and oxygen atoms in total. The van der Waals surface area contributed by atoms with Crippen LogP contribution in [0.3, 0.4) is 0 Å². The fourth-order valence-electron chi connectivity index (χ4n) is 1.70. The zero-order valence-corrected chi connectivity index (χ0v) is 12.1. The van der Waals surface area contributed by atoms with E-state index in [4.69, 9.17) is 0 Å². The first-order valence-corrected chi connectivity index (χ1v) is 6.99. The maximum atomic E-state index is 13.5. The van der Waals surface area contributed by atoms with Crippen LogP contribution >= 0.6 is 15.9 Å². The predicted molar refractivity (Wildman–Crippen MR) is 72.1 cm³/mol. The van der Waals surface area contributed by atoms with Crippen molar-refractivity contribution in [2.45, 2.75) is 12.8 Å². The molecule has 0 atom stereocenters. The lowest BCUT2D eigenvalue weighted by molar-refractivity contribution is -0.122. The first-order valence-electron chi connectivity index (χ1n) is 6.19. The van der Waals surface area contributed by atoms with Gasteiger partial charge < -0.3 is 10.6 Å². The number of hydrogen-bond acceptors (Lipinski definition) is 2. The minimum Gasteiger partial charge on any atom is -0.354 e. The quantitative estimate of drug-likeness (QED) is 0.801. The lowest BCUT2D eigenvalue weighted by Gasteiger charge is -2.08. The summed E-state index contributed by atoms with van der Waals surface area (Å²) in [4.78, 5) is 23.0. The normalized spacial score (nSPS) is 13.9. The number of rotatable bonds is 5. The molecule has 1 aliphatic rings. The summed E-state index contributed by atoms with van der Waals surface area (Å²) in [5, 5.41) is 5.01. The van der Waals surface area contributed by atoms with Crippen molar-refractivity contribution < 1.29 is 18.4 Å². The van der Waals surface area contributed by atoms with Crippen LogP contribution in [0.25, 0.3) is 0 Å². The van der Waals surface area contributed by atoms with E-state index >= 15 is 0 Å². The van der Waals surface area contributed by atoms with E-state index in [0.29, 0.717) is 0 Å². The predicted octanol–water partition coefficient (Wildman–Crippen LogP) is 1.98. The number of hydrogen-bond donors (Lipinski definition) is 2. The molecule has 1 saturated carbocycles. The van der Waals surface area contributed by atoms with E-state index in [1.807, 2.05) is 0 Å². The van der Waals surface area contributed by atoms with Crippen LogP contribution in [-0.2, 0) is 4.79 Å². The van der Waals surface area contributed by atoms with Crippen LogP contribution in [0.15, 0.2) is 16.6 Å².